The standard InChI is InChI=1S/C25H24ClNO2S/c26-20-9-15-24(16-10-20)30-17-18-5-7-19(8-6-18)25(28)27-21-11-13-23(14-12-21)29-22-3-1-2-4-22/h5-16,22H,1-4,17H2,(H,27,28). The highest BCUT2D eigenvalue weighted by molar-refractivity contribution is 7.98. The maximum absolute atomic E-state index is 12.5. The highest BCUT2D eigenvalue weighted by Gasteiger charge is 2.16. The predicted molar refractivity (Wildman–Crippen MR) is 125 cm³/mol. The second-order valence-electron chi connectivity index (χ2n) is 7.44. The lowest BCUT2D eigenvalue weighted by atomic mass is 10.1. The Bertz CT molecular complexity index is 966. The molecular weight excluding hydrogens is 414 g/mol. The summed E-state index contributed by atoms with van der Waals surface area (Å²) in [5, 5.41) is 3.69. The number of ether oxygens (including phenoxy) is 1. The molecule has 3 nitrogen and oxygen atoms in total. The monoisotopic (exact) mass is 437 g/mol. The Hall–Kier alpha value is -2.43. The molecule has 154 valence electrons. The van der Waals surface area contributed by atoms with E-state index in [1.807, 2.05) is 72.8 Å². The molecule has 0 atom stereocenters. The Morgan fingerprint density at radius 3 is 2.27 bits per heavy atom. The van der Waals surface area contributed by atoms with E-state index >= 15 is 0 Å². The van der Waals surface area contributed by atoms with E-state index in [9.17, 15) is 4.79 Å². The highest BCUT2D eigenvalue weighted by Crippen LogP contribution is 2.26. The molecule has 1 fully saturated rings. The molecule has 0 spiro atoms. The Morgan fingerprint density at radius 1 is 0.933 bits per heavy atom. The van der Waals surface area contributed by atoms with Gasteiger partial charge in [-0.05, 0) is 91.9 Å². The molecule has 5 heteroatoms. The van der Waals surface area contributed by atoms with Crippen molar-refractivity contribution in [2.75, 3.05) is 5.32 Å². The molecule has 3 aromatic rings. The van der Waals surface area contributed by atoms with Gasteiger partial charge in [-0.25, -0.2) is 0 Å². The van der Waals surface area contributed by atoms with Crippen LogP contribution in [-0.4, -0.2) is 12.0 Å². The Balaban J connectivity index is 1.29. The number of benzene rings is 3. The smallest absolute Gasteiger partial charge is 0.255 e. The van der Waals surface area contributed by atoms with E-state index < -0.39 is 0 Å². The van der Waals surface area contributed by atoms with E-state index in [0.717, 1.165) is 35.1 Å². The number of thioether (sulfide) groups is 1. The molecule has 0 aliphatic heterocycles. The zero-order chi connectivity index (χ0) is 20.8. The molecular formula is C25H24ClNO2S. The van der Waals surface area contributed by atoms with Gasteiger partial charge < -0.3 is 10.1 Å². The quantitative estimate of drug-likeness (QED) is 0.397. The summed E-state index contributed by atoms with van der Waals surface area (Å²) in [6.07, 6.45) is 5.09. The Morgan fingerprint density at radius 2 is 1.60 bits per heavy atom. The van der Waals surface area contributed by atoms with E-state index in [1.165, 1.54) is 23.3 Å². The lowest BCUT2D eigenvalue weighted by molar-refractivity contribution is 0.102. The Labute approximate surface area is 186 Å². The molecule has 0 saturated heterocycles. The van der Waals surface area contributed by atoms with Crippen LogP contribution in [0.3, 0.4) is 0 Å². The van der Waals surface area contributed by atoms with Crippen molar-refractivity contribution in [1.82, 2.24) is 0 Å². The average Bonchev–Trinajstić information content (AvgIpc) is 3.28. The van der Waals surface area contributed by atoms with Gasteiger partial charge in [0.15, 0.2) is 0 Å². The van der Waals surface area contributed by atoms with Crippen LogP contribution in [0, 0.1) is 0 Å². The molecule has 0 radical (unpaired) electrons. The third-order valence-corrected chi connectivity index (χ3v) is 6.49. The summed E-state index contributed by atoms with van der Waals surface area (Å²) >= 11 is 7.66. The van der Waals surface area contributed by atoms with Gasteiger partial charge in [-0.15, -0.1) is 11.8 Å². The van der Waals surface area contributed by atoms with Crippen LogP contribution in [0.4, 0.5) is 5.69 Å². The van der Waals surface area contributed by atoms with E-state index in [4.69, 9.17) is 16.3 Å². The van der Waals surface area contributed by atoms with Gasteiger partial charge in [-0.3, -0.25) is 4.79 Å². The third kappa shape index (κ3) is 5.80. The second-order valence-corrected chi connectivity index (χ2v) is 8.93. The summed E-state index contributed by atoms with van der Waals surface area (Å²) in [7, 11) is 0. The van der Waals surface area contributed by atoms with Gasteiger partial charge in [-0.2, -0.15) is 0 Å². The van der Waals surface area contributed by atoms with E-state index in [0.29, 0.717) is 11.7 Å². The average molecular weight is 438 g/mol. The van der Waals surface area contributed by atoms with Crippen LogP contribution in [0.2, 0.25) is 5.02 Å². The van der Waals surface area contributed by atoms with E-state index in [1.54, 1.807) is 11.8 Å². The number of rotatable bonds is 7. The van der Waals surface area contributed by atoms with Gasteiger partial charge >= 0.3 is 0 Å². The fraction of sp³-hybridized carbons (Fsp3) is 0.240. The van der Waals surface area contributed by atoms with Crippen LogP contribution in [-0.2, 0) is 5.75 Å². The number of hydrogen-bond acceptors (Lipinski definition) is 3. The number of nitrogens with one attached hydrogen (secondary N) is 1. The third-order valence-electron chi connectivity index (χ3n) is 5.15. The molecule has 1 amide bonds. The summed E-state index contributed by atoms with van der Waals surface area (Å²) < 4.78 is 5.97. The van der Waals surface area contributed by atoms with Crippen LogP contribution in [0.25, 0.3) is 0 Å². The zero-order valence-corrected chi connectivity index (χ0v) is 18.2. The van der Waals surface area contributed by atoms with Gasteiger partial charge in [0.2, 0.25) is 0 Å². The minimum Gasteiger partial charge on any atom is -0.490 e. The summed E-state index contributed by atoms with van der Waals surface area (Å²) in [6, 6.07) is 23.2. The molecule has 3 aromatic carbocycles. The lowest BCUT2D eigenvalue weighted by Gasteiger charge is -2.13. The molecule has 1 aliphatic carbocycles. The minimum atomic E-state index is -0.114. The molecule has 30 heavy (non-hydrogen) atoms. The van der Waals surface area contributed by atoms with E-state index in [-0.39, 0.29) is 5.91 Å². The molecule has 4 rings (SSSR count). The lowest BCUT2D eigenvalue weighted by Crippen LogP contribution is -2.12. The zero-order valence-electron chi connectivity index (χ0n) is 16.6. The SMILES string of the molecule is O=C(Nc1ccc(OC2CCCC2)cc1)c1ccc(CSc2ccc(Cl)cc2)cc1. The fourth-order valence-electron chi connectivity index (χ4n) is 3.47. The molecule has 1 saturated carbocycles. The number of halogens is 1. The van der Waals surface area contributed by atoms with Crippen molar-refractivity contribution in [3.63, 3.8) is 0 Å². The maximum atomic E-state index is 12.5. The Kier molecular flexibility index (Phi) is 6.98. The van der Waals surface area contributed by atoms with Crippen LogP contribution >= 0.6 is 23.4 Å². The van der Waals surface area contributed by atoms with Crippen molar-refractivity contribution in [3.8, 4) is 5.75 Å². The first-order valence-corrected chi connectivity index (χ1v) is 11.6. The molecule has 0 unspecified atom stereocenters. The normalized spacial score (nSPS) is 13.9. The van der Waals surface area contributed by atoms with Crippen molar-refractivity contribution in [2.24, 2.45) is 0 Å². The van der Waals surface area contributed by atoms with Crippen LogP contribution < -0.4 is 10.1 Å². The summed E-state index contributed by atoms with van der Waals surface area (Å²) in [4.78, 5) is 13.7. The predicted octanol–water partition coefficient (Wildman–Crippen LogP) is 7.21. The van der Waals surface area contributed by atoms with E-state index in [2.05, 4.69) is 5.32 Å². The number of anilines is 1. The van der Waals surface area contributed by atoms with Gasteiger partial charge in [0, 0.05) is 26.9 Å². The summed E-state index contributed by atoms with van der Waals surface area (Å²) in [6.45, 7) is 0. The molecule has 1 aliphatic rings. The van der Waals surface area contributed by atoms with Crippen molar-refractivity contribution in [1.29, 1.82) is 0 Å². The second kappa shape index (κ2) is 10.1. The van der Waals surface area contributed by atoms with Crippen molar-refractivity contribution >= 4 is 35.0 Å². The number of amides is 1. The van der Waals surface area contributed by atoms with Crippen molar-refractivity contribution in [2.45, 2.75) is 42.4 Å². The first kappa shape index (κ1) is 20.8. The highest BCUT2D eigenvalue weighted by atomic mass is 35.5. The van der Waals surface area contributed by atoms with Gasteiger partial charge in [0.05, 0.1) is 6.10 Å². The maximum Gasteiger partial charge on any atom is 0.255 e. The number of carbonyl (C=O) groups is 1. The fourth-order valence-corrected chi connectivity index (χ4v) is 4.45. The molecule has 0 heterocycles. The van der Waals surface area contributed by atoms with Crippen LogP contribution in [0.15, 0.2) is 77.7 Å². The number of hydrogen-bond donors (Lipinski definition) is 1. The summed E-state index contributed by atoms with van der Waals surface area (Å²) in [5.74, 6) is 1.59. The number of carbonyl (C=O) groups excluding carboxylic acids is 1. The molecule has 0 aromatic heterocycles. The van der Waals surface area contributed by atoms with Crippen molar-refractivity contribution < 1.29 is 9.53 Å². The van der Waals surface area contributed by atoms with Gasteiger partial charge in [0.1, 0.15) is 5.75 Å². The first-order valence-electron chi connectivity index (χ1n) is 10.2. The van der Waals surface area contributed by atoms with Crippen LogP contribution in [0.1, 0.15) is 41.6 Å². The topological polar surface area (TPSA) is 38.3 Å². The van der Waals surface area contributed by atoms with Gasteiger partial charge in [0.25, 0.3) is 5.91 Å². The summed E-state index contributed by atoms with van der Waals surface area (Å²) in [5.41, 5.74) is 2.57. The molecule has 1 N–H and O–H groups in total. The first-order chi connectivity index (χ1) is 14.7. The van der Waals surface area contributed by atoms with Crippen LogP contribution in [0.5, 0.6) is 5.75 Å². The molecule has 0 bridgehead atoms. The van der Waals surface area contributed by atoms with Gasteiger partial charge in [-0.1, -0.05) is 23.7 Å². The minimum absolute atomic E-state index is 0.114. The van der Waals surface area contributed by atoms with Crippen molar-refractivity contribution in [3.05, 3.63) is 88.9 Å². The largest absolute Gasteiger partial charge is 0.490 e.